The zero-order valence-corrected chi connectivity index (χ0v) is 30.6. The number of anilines is 1. The number of nitrogens with zero attached hydrogens (tertiary/aromatic N) is 1. The number of hydrogen-bond acceptors (Lipinski definition) is 10. The van der Waals surface area contributed by atoms with E-state index in [4.69, 9.17) is 9.47 Å². The predicted octanol–water partition coefficient (Wildman–Crippen LogP) is 3.54. The van der Waals surface area contributed by atoms with E-state index in [9.17, 15) is 32.4 Å². The Labute approximate surface area is 291 Å². The fraction of sp³-hybridized carbons (Fsp3) is 0.606. The van der Waals surface area contributed by atoms with Crippen molar-refractivity contribution in [3.05, 3.63) is 36.9 Å². The molecule has 1 aromatic carbocycles. The molecule has 1 aromatic rings. The molecule has 5 amide bonds. The first kappa shape index (κ1) is 38.0. The van der Waals surface area contributed by atoms with Gasteiger partial charge in [0.25, 0.3) is 5.91 Å². The fourth-order valence-electron chi connectivity index (χ4n) is 5.63. The molecule has 4 N–H and O–H groups in total. The summed E-state index contributed by atoms with van der Waals surface area (Å²) in [5.41, 5.74) is -2.80. The van der Waals surface area contributed by atoms with Crippen LogP contribution in [0.25, 0.3) is 0 Å². The van der Waals surface area contributed by atoms with Crippen LogP contribution in [0, 0.1) is 11.3 Å². The molecule has 5 atom stereocenters. The van der Waals surface area contributed by atoms with Crippen molar-refractivity contribution in [2.24, 2.45) is 11.3 Å². The lowest BCUT2D eigenvalue weighted by Crippen LogP contribution is -2.60. The summed E-state index contributed by atoms with van der Waals surface area (Å²) in [7, 11) is -3.91. The minimum Gasteiger partial charge on any atom is -0.444 e. The molecule has 0 bridgehead atoms. The van der Waals surface area contributed by atoms with Gasteiger partial charge in [-0.1, -0.05) is 32.9 Å². The molecule has 2 aliphatic carbocycles. The number of rotatable bonds is 11. The number of ether oxygens (including phenoxy) is 2. The molecule has 1 heterocycles. The number of likely N-dealkylation sites (tertiary alicyclic amines) is 1. The monoisotopic (exact) mass is 721 g/mol. The molecule has 1 saturated heterocycles. The van der Waals surface area contributed by atoms with Crippen LogP contribution in [-0.4, -0.2) is 90.6 Å². The van der Waals surface area contributed by atoms with Crippen LogP contribution in [0.3, 0.4) is 0 Å². The number of amides is 5. The number of carbonyl (C=O) groups is 5. The third-order valence-electron chi connectivity index (χ3n) is 8.46. The summed E-state index contributed by atoms with van der Waals surface area (Å²) < 4.78 is 38.4. The van der Waals surface area contributed by atoms with Crippen molar-refractivity contribution in [3.63, 3.8) is 0 Å². The molecule has 49 heavy (non-hydrogen) atoms. The average Bonchev–Trinajstić information content (AvgIpc) is 3.91. The molecule has 270 valence electrons. The number of thioether (sulfide) groups is 1. The van der Waals surface area contributed by atoms with Gasteiger partial charge in [-0.3, -0.25) is 24.4 Å². The molecule has 0 radical (unpaired) electrons. The van der Waals surface area contributed by atoms with Gasteiger partial charge in [0.1, 0.15) is 29.3 Å². The highest BCUT2D eigenvalue weighted by molar-refractivity contribution is 7.98. The molecule has 2 saturated carbocycles. The van der Waals surface area contributed by atoms with Gasteiger partial charge in [0.2, 0.25) is 21.8 Å². The standard InChI is InChI=1S/C33H47N5O9S2/c1-9-19-17-33(19,28(41)37-49(44,45)23-13-14-23)36-26(39)24-16-21(46-29(42)34-20-11-10-12-22(15-20)48-8)18-38(24)27(40)25(31(2,3)4)35-30(43)47-32(5,6)7/h9-12,15,19,21,23-25H,1,13-14,16-18H2,2-8H3,(H,34,42)(H,35,43)(H,36,39)(H,37,41). The Bertz CT molecular complexity index is 1600. The number of nitrogens with one attached hydrogen (secondary N) is 4. The molecule has 14 nitrogen and oxygen atoms in total. The van der Waals surface area contributed by atoms with Crippen LogP contribution < -0.4 is 20.7 Å². The summed E-state index contributed by atoms with van der Waals surface area (Å²) in [5, 5.41) is 7.34. The number of hydrogen-bond donors (Lipinski definition) is 4. The van der Waals surface area contributed by atoms with E-state index < -0.39 is 85.8 Å². The fourth-order valence-corrected chi connectivity index (χ4v) is 7.46. The van der Waals surface area contributed by atoms with Crippen molar-refractivity contribution in [3.8, 4) is 0 Å². The lowest BCUT2D eigenvalue weighted by molar-refractivity contribution is -0.143. The second-order valence-corrected chi connectivity index (χ2v) is 17.6. The van der Waals surface area contributed by atoms with E-state index in [1.165, 1.54) is 22.7 Å². The van der Waals surface area contributed by atoms with E-state index >= 15 is 0 Å². The van der Waals surface area contributed by atoms with E-state index in [1.807, 2.05) is 12.3 Å². The van der Waals surface area contributed by atoms with E-state index in [2.05, 4.69) is 27.3 Å². The SMILES string of the molecule is C=CC1CC1(NC(=O)C1CC(OC(=O)Nc2cccc(SC)c2)CN1C(=O)C(NC(=O)OC(C)(C)C)C(C)(C)C)C(=O)NS(=O)(=O)C1CC1. The van der Waals surface area contributed by atoms with Crippen LogP contribution in [0.4, 0.5) is 15.3 Å². The highest BCUT2D eigenvalue weighted by atomic mass is 32.2. The maximum Gasteiger partial charge on any atom is 0.411 e. The second kappa shape index (κ2) is 14.2. The van der Waals surface area contributed by atoms with Crippen molar-refractivity contribution in [1.82, 2.24) is 20.3 Å². The summed E-state index contributed by atoms with van der Waals surface area (Å²) in [4.78, 5) is 69.5. The zero-order valence-electron chi connectivity index (χ0n) is 29.0. The summed E-state index contributed by atoms with van der Waals surface area (Å²) in [6.07, 6.45) is 1.64. The van der Waals surface area contributed by atoms with Crippen molar-refractivity contribution in [1.29, 1.82) is 0 Å². The Morgan fingerprint density at radius 1 is 1.08 bits per heavy atom. The van der Waals surface area contributed by atoms with Gasteiger partial charge in [0.05, 0.1) is 11.8 Å². The first-order valence-corrected chi connectivity index (χ1v) is 18.9. The summed E-state index contributed by atoms with van der Waals surface area (Å²) in [6.45, 7) is 13.8. The van der Waals surface area contributed by atoms with Gasteiger partial charge >= 0.3 is 12.2 Å². The molecule has 3 fully saturated rings. The van der Waals surface area contributed by atoms with Crippen LogP contribution in [0.1, 0.15) is 67.2 Å². The number of benzene rings is 1. The van der Waals surface area contributed by atoms with E-state index in [1.54, 1.807) is 59.7 Å². The third-order valence-corrected chi connectivity index (χ3v) is 11.0. The maximum atomic E-state index is 14.2. The minimum atomic E-state index is -3.91. The number of carbonyl (C=O) groups excluding carboxylic acids is 5. The lowest BCUT2D eigenvalue weighted by atomic mass is 9.85. The van der Waals surface area contributed by atoms with Gasteiger partial charge in [0, 0.05) is 22.9 Å². The highest BCUT2D eigenvalue weighted by Gasteiger charge is 2.62. The first-order valence-electron chi connectivity index (χ1n) is 16.1. The summed E-state index contributed by atoms with van der Waals surface area (Å²) in [6, 6.07) is 4.71. The van der Waals surface area contributed by atoms with Gasteiger partial charge in [-0.2, -0.15) is 0 Å². The molecular weight excluding hydrogens is 675 g/mol. The molecule has 0 aromatic heterocycles. The molecule has 3 aliphatic rings. The predicted molar refractivity (Wildman–Crippen MR) is 184 cm³/mol. The Hall–Kier alpha value is -3.79. The van der Waals surface area contributed by atoms with Gasteiger partial charge < -0.3 is 25.0 Å². The lowest BCUT2D eigenvalue weighted by Gasteiger charge is -2.36. The van der Waals surface area contributed by atoms with Crippen molar-refractivity contribution in [2.75, 3.05) is 18.1 Å². The van der Waals surface area contributed by atoms with Gasteiger partial charge in [-0.15, -0.1) is 18.3 Å². The largest absolute Gasteiger partial charge is 0.444 e. The number of sulfonamides is 1. The Morgan fingerprint density at radius 3 is 2.31 bits per heavy atom. The van der Waals surface area contributed by atoms with Crippen LogP contribution in [0.15, 0.2) is 41.8 Å². The van der Waals surface area contributed by atoms with Crippen molar-refractivity contribution in [2.45, 2.75) is 107 Å². The van der Waals surface area contributed by atoms with Crippen molar-refractivity contribution < 1.29 is 41.9 Å². The Balaban J connectivity index is 1.58. The normalized spacial score (nSPS) is 24.2. The quantitative estimate of drug-likeness (QED) is 0.194. The van der Waals surface area contributed by atoms with E-state index in [-0.39, 0.29) is 19.4 Å². The second-order valence-electron chi connectivity index (χ2n) is 14.8. The van der Waals surface area contributed by atoms with Crippen LogP contribution in [-0.2, 0) is 33.9 Å². The Kier molecular flexibility index (Phi) is 11.0. The maximum absolute atomic E-state index is 14.2. The average molecular weight is 722 g/mol. The summed E-state index contributed by atoms with van der Waals surface area (Å²) >= 11 is 1.49. The molecule has 1 aliphatic heterocycles. The van der Waals surface area contributed by atoms with Crippen molar-refractivity contribution >= 4 is 57.4 Å². The highest BCUT2D eigenvalue weighted by Crippen LogP contribution is 2.45. The zero-order chi connectivity index (χ0) is 36.5. The topological polar surface area (TPSA) is 189 Å². The smallest absolute Gasteiger partial charge is 0.411 e. The van der Waals surface area contributed by atoms with Crippen LogP contribution in [0.2, 0.25) is 0 Å². The van der Waals surface area contributed by atoms with Crippen LogP contribution in [0.5, 0.6) is 0 Å². The first-order chi connectivity index (χ1) is 22.7. The van der Waals surface area contributed by atoms with Gasteiger partial charge in [-0.05, 0) is 69.9 Å². The van der Waals surface area contributed by atoms with Gasteiger partial charge in [0.15, 0.2) is 0 Å². The van der Waals surface area contributed by atoms with Crippen LogP contribution >= 0.6 is 11.8 Å². The number of alkyl carbamates (subject to hydrolysis) is 1. The minimum absolute atomic E-state index is 0.108. The molecule has 0 spiro atoms. The molecule has 16 heteroatoms. The van der Waals surface area contributed by atoms with E-state index in [0.717, 1.165) is 4.90 Å². The molecule has 4 rings (SSSR count). The van der Waals surface area contributed by atoms with E-state index in [0.29, 0.717) is 18.5 Å². The summed E-state index contributed by atoms with van der Waals surface area (Å²) in [5.74, 6) is -2.82. The molecular formula is C33H47N5O9S2. The third kappa shape index (κ3) is 9.47. The Morgan fingerprint density at radius 2 is 1.76 bits per heavy atom. The van der Waals surface area contributed by atoms with Gasteiger partial charge in [-0.25, -0.2) is 18.0 Å². The molecule has 5 unspecified atom stereocenters.